The smallest absolute Gasteiger partial charge is 0.331 e. The summed E-state index contributed by atoms with van der Waals surface area (Å²) in [4.78, 5) is 28.6. The fourth-order valence-corrected chi connectivity index (χ4v) is 2.05. The van der Waals surface area contributed by atoms with E-state index in [-0.39, 0.29) is 5.56 Å². The first-order chi connectivity index (χ1) is 8.02. The monoisotopic (exact) mass is 254 g/mol. The van der Waals surface area contributed by atoms with Crippen LogP contribution in [0.25, 0.3) is 0 Å². The van der Waals surface area contributed by atoms with Crippen molar-refractivity contribution in [2.24, 2.45) is 0 Å². The van der Waals surface area contributed by atoms with E-state index in [1.54, 1.807) is 19.9 Å². The Balaban J connectivity index is 2.67. The zero-order chi connectivity index (χ0) is 12.8. The van der Waals surface area contributed by atoms with Gasteiger partial charge in [-0.05, 0) is 13.3 Å². The first kappa shape index (κ1) is 13.5. The fourth-order valence-electron chi connectivity index (χ4n) is 1.22. The highest BCUT2D eigenvalue weighted by atomic mass is 32.2. The second-order valence-corrected chi connectivity index (χ2v) is 4.40. The van der Waals surface area contributed by atoms with Crippen LogP contribution in [0.1, 0.15) is 19.0 Å². The molecule has 6 heteroatoms. The highest BCUT2D eigenvalue weighted by Crippen LogP contribution is 2.13. The van der Waals surface area contributed by atoms with Gasteiger partial charge in [0.1, 0.15) is 0 Å². The lowest BCUT2D eigenvalue weighted by atomic mass is 10.2. The van der Waals surface area contributed by atoms with Gasteiger partial charge in [0.15, 0.2) is 5.16 Å². The molecule has 0 saturated carbocycles. The van der Waals surface area contributed by atoms with E-state index in [4.69, 9.17) is 5.11 Å². The van der Waals surface area contributed by atoms with E-state index in [0.717, 1.165) is 0 Å². The Labute approximate surface area is 103 Å². The van der Waals surface area contributed by atoms with Gasteiger partial charge in [0.05, 0.1) is 0 Å². The number of hydrogen-bond donors (Lipinski definition) is 2. The molecule has 0 aliphatic carbocycles. The Morgan fingerprint density at radius 3 is 2.88 bits per heavy atom. The number of hydrogen-bond acceptors (Lipinski definition) is 4. The lowest BCUT2D eigenvalue weighted by molar-refractivity contribution is -0.132. The molecule has 0 aromatic carbocycles. The van der Waals surface area contributed by atoms with Crippen LogP contribution in [0.4, 0.5) is 0 Å². The minimum absolute atomic E-state index is 0.196. The predicted molar refractivity (Wildman–Crippen MR) is 66.3 cm³/mol. The van der Waals surface area contributed by atoms with E-state index in [0.29, 0.717) is 28.6 Å². The maximum Gasteiger partial charge on any atom is 0.331 e. The van der Waals surface area contributed by atoms with E-state index >= 15 is 0 Å². The number of aryl methyl sites for hydroxylation is 1. The average molecular weight is 254 g/mol. The SMILES string of the molecule is CCC(=CCSc1nc(C)cc(=O)[nH]1)C(=O)O. The lowest BCUT2D eigenvalue weighted by Crippen LogP contribution is -2.08. The van der Waals surface area contributed by atoms with Crippen molar-refractivity contribution < 1.29 is 9.90 Å². The normalized spacial score (nSPS) is 11.5. The van der Waals surface area contributed by atoms with Crippen molar-refractivity contribution in [3.05, 3.63) is 33.8 Å². The molecule has 1 aromatic heterocycles. The van der Waals surface area contributed by atoms with Gasteiger partial charge in [-0.2, -0.15) is 0 Å². The molecule has 0 aliphatic rings. The Morgan fingerprint density at radius 2 is 2.35 bits per heavy atom. The van der Waals surface area contributed by atoms with Gasteiger partial charge in [-0.25, -0.2) is 9.78 Å². The van der Waals surface area contributed by atoms with Crippen molar-refractivity contribution in [2.45, 2.75) is 25.4 Å². The van der Waals surface area contributed by atoms with Gasteiger partial charge in [0.25, 0.3) is 5.56 Å². The van der Waals surface area contributed by atoms with E-state index in [2.05, 4.69) is 9.97 Å². The number of nitrogens with zero attached hydrogens (tertiary/aromatic N) is 1. The van der Waals surface area contributed by atoms with E-state index in [1.165, 1.54) is 17.8 Å². The summed E-state index contributed by atoms with van der Waals surface area (Å²) >= 11 is 1.30. The molecule has 0 bridgehead atoms. The molecule has 5 nitrogen and oxygen atoms in total. The van der Waals surface area contributed by atoms with Crippen molar-refractivity contribution in [3.63, 3.8) is 0 Å². The van der Waals surface area contributed by atoms with Gasteiger partial charge < -0.3 is 10.1 Å². The zero-order valence-electron chi connectivity index (χ0n) is 9.69. The van der Waals surface area contributed by atoms with Gasteiger partial charge in [0, 0.05) is 23.1 Å². The molecule has 17 heavy (non-hydrogen) atoms. The molecule has 92 valence electrons. The number of H-pyrrole nitrogens is 1. The quantitative estimate of drug-likeness (QED) is 0.473. The maximum absolute atomic E-state index is 11.2. The van der Waals surface area contributed by atoms with Gasteiger partial charge in [-0.1, -0.05) is 24.8 Å². The maximum atomic E-state index is 11.2. The molecule has 1 heterocycles. The summed E-state index contributed by atoms with van der Waals surface area (Å²) in [6.07, 6.45) is 2.11. The number of thioether (sulfide) groups is 1. The molecule has 0 radical (unpaired) electrons. The summed E-state index contributed by atoms with van der Waals surface area (Å²) < 4.78 is 0. The average Bonchev–Trinajstić information content (AvgIpc) is 2.22. The number of carboxylic acid groups (broad SMARTS) is 1. The van der Waals surface area contributed by atoms with Crippen LogP contribution in [0.3, 0.4) is 0 Å². The Morgan fingerprint density at radius 1 is 1.65 bits per heavy atom. The van der Waals surface area contributed by atoms with E-state index < -0.39 is 5.97 Å². The topological polar surface area (TPSA) is 83.0 Å². The predicted octanol–water partition coefficient (Wildman–Crippen LogP) is 1.59. The number of rotatable bonds is 5. The highest BCUT2D eigenvalue weighted by Gasteiger charge is 2.04. The standard InChI is InChI=1S/C11H14N2O3S/c1-3-8(10(15)16)4-5-17-11-12-7(2)6-9(14)13-11/h4,6H,3,5H2,1-2H3,(H,15,16)(H,12,13,14). The summed E-state index contributed by atoms with van der Waals surface area (Å²) in [5, 5.41) is 9.31. The first-order valence-corrected chi connectivity index (χ1v) is 6.14. The van der Waals surface area contributed by atoms with Crippen LogP contribution in [-0.2, 0) is 4.79 Å². The largest absolute Gasteiger partial charge is 0.478 e. The highest BCUT2D eigenvalue weighted by molar-refractivity contribution is 7.99. The van der Waals surface area contributed by atoms with Crippen LogP contribution in [0.5, 0.6) is 0 Å². The van der Waals surface area contributed by atoms with Gasteiger partial charge in [-0.15, -0.1) is 0 Å². The van der Waals surface area contributed by atoms with Crippen molar-refractivity contribution >= 4 is 17.7 Å². The van der Waals surface area contributed by atoms with Crippen LogP contribution in [-0.4, -0.2) is 26.8 Å². The fraction of sp³-hybridized carbons (Fsp3) is 0.364. The second-order valence-electron chi connectivity index (χ2n) is 3.39. The molecular formula is C11H14N2O3S. The van der Waals surface area contributed by atoms with E-state index in [1.807, 2.05) is 0 Å². The molecule has 0 spiro atoms. The summed E-state index contributed by atoms with van der Waals surface area (Å²) in [5.41, 5.74) is 0.819. The molecule has 2 N–H and O–H groups in total. The minimum atomic E-state index is -0.904. The van der Waals surface area contributed by atoms with Crippen LogP contribution in [0, 0.1) is 6.92 Å². The summed E-state index contributed by atoms with van der Waals surface area (Å²) in [5.74, 6) is -0.430. The zero-order valence-corrected chi connectivity index (χ0v) is 10.5. The number of aliphatic carboxylic acids is 1. The summed E-state index contributed by atoms with van der Waals surface area (Å²) in [6.45, 7) is 3.53. The molecule has 1 rings (SSSR count). The van der Waals surface area contributed by atoms with Gasteiger partial charge in [0.2, 0.25) is 0 Å². The molecule has 0 amide bonds. The first-order valence-electron chi connectivity index (χ1n) is 5.16. The van der Waals surface area contributed by atoms with Crippen molar-refractivity contribution in [3.8, 4) is 0 Å². The summed E-state index contributed by atoms with van der Waals surface area (Å²) in [7, 11) is 0. The molecule has 0 saturated heterocycles. The van der Waals surface area contributed by atoms with Gasteiger partial charge >= 0.3 is 5.97 Å². The molecule has 0 atom stereocenters. The van der Waals surface area contributed by atoms with Crippen LogP contribution in [0.15, 0.2) is 27.7 Å². The number of nitrogens with one attached hydrogen (secondary N) is 1. The lowest BCUT2D eigenvalue weighted by Gasteiger charge is -2.00. The Hall–Kier alpha value is -1.56. The third-order valence-corrected chi connectivity index (χ3v) is 2.85. The second kappa shape index (κ2) is 6.24. The molecular weight excluding hydrogens is 240 g/mol. The Bertz CT molecular complexity index is 494. The minimum Gasteiger partial charge on any atom is -0.478 e. The third kappa shape index (κ3) is 4.44. The third-order valence-electron chi connectivity index (χ3n) is 2.05. The van der Waals surface area contributed by atoms with Crippen LogP contribution >= 0.6 is 11.8 Å². The van der Waals surface area contributed by atoms with Gasteiger partial charge in [-0.3, -0.25) is 4.79 Å². The van der Waals surface area contributed by atoms with Crippen LogP contribution < -0.4 is 5.56 Å². The molecule has 0 aliphatic heterocycles. The number of aromatic amines is 1. The number of aromatic nitrogens is 2. The van der Waals surface area contributed by atoms with Crippen molar-refractivity contribution in [2.75, 3.05) is 5.75 Å². The Kier molecular flexibility index (Phi) is 4.96. The molecule has 0 unspecified atom stereocenters. The molecule has 1 aromatic rings. The number of carboxylic acids is 1. The van der Waals surface area contributed by atoms with Crippen molar-refractivity contribution in [1.82, 2.24) is 9.97 Å². The van der Waals surface area contributed by atoms with Crippen LogP contribution in [0.2, 0.25) is 0 Å². The summed E-state index contributed by atoms with van der Waals surface area (Å²) in [6, 6.07) is 1.41. The van der Waals surface area contributed by atoms with E-state index in [9.17, 15) is 9.59 Å². The number of carbonyl (C=O) groups is 1. The molecule has 0 fully saturated rings. The van der Waals surface area contributed by atoms with Crippen molar-refractivity contribution in [1.29, 1.82) is 0 Å².